The Balaban J connectivity index is 1.44. The van der Waals surface area contributed by atoms with Crippen LogP contribution in [-0.2, 0) is 4.79 Å². The lowest BCUT2D eigenvalue weighted by molar-refractivity contribution is -0.134. The molecular formula is C21H19NO4S. The quantitative estimate of drug-likeness (QED) is 0.257. The van der Waals surface area contributed by atoms with Gasteiger partial charge in [-0.25, -0.2) is 0 Å². The average Bonchev–Trinajstić information content (AvgIpc) is 3.21. The average molecular weight is 381 g/mol. The van der Waals surface area contributed by atoms with Gasteiger partial charge in [-0.15, -0.1) is 11.8 Å². The van der Waals surface area contributed by atoms with Crippen molar-refractivity contribution in [1.29, 1.82) is 0 Å². The molecule has 0 atom stereocenters. The normalized spacial score (nSPS) is 10.4. The van der Waals surface area contributed by atoms with E-state index >= 15 is 0 Å². The van der Waals surface area contributed by atoms with Crippen molar-refractivity contribution in [2.75, 3.05) is 11.1 Å². The fourth-order valence-corrected chi connectivity index (χ4v) is 3.22. The summed E-state index contributed by atoms with van der Waals surface area (Å²) in [5.74, 6) is 0.805. The van der Waals surface area contributed by atoms with E-state index in [-0.39, 0.29) is 17.6 Å². The van der Waals surface area contributed by atoms with Crippen molar-refractivity contribution in [2.24, 2.45) is 0 Å². The molecule has 27 heavy (non-hydrogen) atoms. The van der Waals surface area contributed by atoms with Crippen LogP contribution in [0.4, 0.5) is 5.69 Å². The largest absolute Gasteiger partial charge is 0.459 e. The molecule has 5 nitrogen and oxygen atoms in total. The minimum absolute atomic E-state index is 0.216. The number of amides is 1. The maximum atomic E-state index is 12.0. The Bertz CT molecular complexity index is 878. The number of furan rings is 1. The van der Waals surface area contributed by atoms with Crippen molar-refractivity contribution in [2.45, 2.75) is 17.7 Å². The van der Waals surface area contributed by atoms with Crippen LogP contribution < -0.4 is 10.1 Å². The highest BCUT2D eigenvalue weighted by Gasteiger charge is 2.10. The molecule has 1 heterocycles. The molecule has 138 valence electrons. The Kier molecular flexibility index (Phi) is 6.71. The van der Waals surface area contributed by atoms with Crippen LogP contribution in [0.1, 0.15) is 23.4 Å². The molecule has 3 aromatic rings. The summed E-state index contributed by atoms with van der Waals surface area (Å²) in [6.45, 7) is 0. The van der Waals surface area contributed by atoms with Gasteiger partial charge in [0.05, 0.1) is 6.26 Å². The van der Waals surface area contributed by atoms with Crippen molar-refractivity contribution in [3.8, 4) is 5.75 Å². The van der Waals surface area contributed by atoms with Crippen molar-refractivity contribution < 1.29 is 18.7 Å². The molecule has 0 aliphatic rings. The molecule has 0 bridgehead atoms. The number of carbonyl (C=O) groups excluding carboxylic acids is 2. The van der Waals surface area contributed by atoms with E-state index in [1.807, 2.05) is 30.3 Å². The summed E-state index contributed by atoms with van der Waals surface area (Å²) in [6, 6.07) is 20.0. The number of rotatable bonds is 8. The van der Waals surface area contributed by atoms with Gasteiger partial charge in [0.1, 0.15) is 5.75 Å². The standard InChI is InChI=1S/C21H19NO4S/c23-20(12-6-14-27-18-9-2-1-3-10-18)26-17-8-4-7-16(15-17)22-21(24)19-11-5-13-25-19/h1-5,7-11,13,15H,6,12,14H2,(H,22,24). The van der Waals surface area contributed by atoms with E-state index in [0.717, 1.165) is 12.2 Å². The first kappa shape index (κ1) is 18.8. The third-order valence-corrected chi connectivity index (χ3v) is 4.70. The van der Waals surface area contributed by atoms with Crippen LogP contribution in [0.2, 0.25) is 0 Å². The summed E-state index contributed by atoms with van der Waals surface area (Å²) in [5.41, 5.74) is 0.529. The van der Waals surface area contributed by atoms with Gasteiger partial charge in [-0.05, 0) is 48.6 Å². The fraction of sp³-hybridized carbons (Fsp3) is 0.143. The monoisotopic (exact) mass is 381 g/mol. The van der Waals surface area contributed by atoms with Crippen LogP contribution in [-0.4, -0.2) is 17.6 Å². The molecule has 0 radical (unpaired) electrons. The molecular weight excluding hydrogens is 362 g/mol. The predicted molar refractivity (Wildman–Crippen MR) is 105 cm³/mol. The van der Waals surface area contributed by atoms with Gasteiger partial charge in [0.25, 0.3) is 5.91 Å². The Labute approximate surface area is 161 Å². The van der Waals surface area contributed by atoms with E-state index in [0.29, 0.717) is 17.9 Å². The molecule has 3 rings (SSSR count). The van der Waals surface area contributed by atoms with Gasteiger partial charge in [-0.1, -0.05) is 24.3 Å². The van der Waals surface area contributed by atoms with Crippen molar-refractivity contribution in [3.63, 3.8) is 0 Å². The van der Waals surface area contributed by atoms with Crippen LogP contribution in [0.3, 0.4) is 0 Å². The van der Waals surface area contributed by atoms with Crippen molar-refractivity contribution in [1.82, 2.24) is 0 Å². The number of anilines is 1. The molecule has 0 aliphatic carbocycles. The maximum absolute atomic E-state index is 12.0. The van der Waals surface area contributed by atoms with Gasteiger partial charge < -0.3 is 14.5 Å². The summed E-state index contributed by atoms with van der Waals surface area (Å²) in [7, 11) is 0. The summed E-state index contributed by atoms with van der Waals surface area (Å²) in [6.07, 6.45) is 2.50. The number of thioether (sulfide) groups is 1. The number of hydrogen-bond donors (Lipinski definition) is 1. The molecule has 1 N–H and O–H groups in total. The summed E-state index contributed by atoms with van der Waals surface area (Å²) < 4.78 is 10.4. The SMILES string of the molecule is O=C(CCCSc1ccccc1)Oc1cccc(NC(=O)c2ccco2)c1. The molecule has 1 amide bonds. The first-order valence-electron chi connectivity index (χ1n) is 8.54. The number of ether oxygens (including phenoxy) is 1. The highest BCUT2D eigenvalue weighted by atomic mass is 32.2. The van der Waals surface area contributed by atoms with Crippen LogP contribution in [0.5, 0.6) is 5.75 Å². The third-order valence-electron chi connectivity index (χ3n) is 3.61. The second kappa shape index (κ2) is 9.64. The van der Waals surface area contributed by atoms with E-state index in [2.05, 4.69) is 5.32 Å². The van der Waals surface area contributed by atoms with Crippen LogP contribution in [0, 0.1) is 0 Å². The van der Waals surface area contributed by atoms with Gasteiger partial charge in [0.15, 0.2) is 5.76 Å². The fourth-order valence-electron chi connectivity index (χ4n) is 2.34. The van der Waals surface area contributed by atoms with Crippen molar-refractivity contribution >= 4 is 29.3 Å². The second-order valence-electron chi connectivity index (χ2n) is 5.70. The molecule has 1 aromatic heterocycles. The van der Waals surface area contributed by atoms with E-state index in [9.17, 15) is 9.59 Å². The lowest BCUT2D eigenvalue weighted by Gasteiger charge is -2.07. The highest BCUT2D eigenvalue weighted by Crippen LogP contribution is 2.21. The molecule has 0 saturated carbocycles. The van der Waals surface area contributed by atoms with E-state index in [4.69, 9.17) is 9.15 Å². The van der Waals surface area contributed by atoms with Gasteiger partial charge >= 0.3 is 5.97 Å². The number of carbonyl (C=O) groups is 2. The highest BCUT2D eigenvalue weighted by molar-refractivity contribution is 7.99. The third kappa shape index (κ3) is 6.04. The van der Waals surface area contributed by atoms with Crippen LogP contribution in [0.25, 0.3) is 0 Å². The van der Waals surface area contributed by atoms with Gasteiger partial charge in [0.2, 0.25) is 0 Å². The zero-order valence-electron chi connectivity index (χ0n) is 14.6. The van der Waals surface area contributed by atoms with Crippen LogP contribution >= 0.6 is 11.8 Å². The molecule has 0 unspecified atom stereocenters. The maximum Gasteiger partial charge on any atom is 0.311 e. The molecule has 2 aromatic carbocycles. The lowest BCUT2D eigenvalue weighted by atomic mass is 10.3. The van der Waals surface area contributed by atoms with Crippen molar-refractivity contribution in [3.05, 3.63) is 78.8 Å². The minimum Gasteiger partial charge on any atom is -0.459 e. The number of hydrogen-bond acceptors (Lipinski definition) is 5. The number of esters is 1. The lowest BCUT2D eigenvalue weighted by Crippen LogP contribution is -2.11. The van der Waals surface area contributed by atoms with Crippen LogP contribution in [0.15, 0.2) is 82.3 Å². The molecule has 0 saturated heterocycles. The van der Waals surface area contributed by atoms with E-state index in [1.165, 1.54) is 11.2 Å². The number of benzene rings is 2. The predicted octanol–water partition coefficient (Wildman–Crippen LogP) is 5.01. The minimum atomic E-state index is -0.360. The molecule has 0 aliphatic heterocycles. The Morgan fingerprint density at radius 2 is 1.85 bits per heavy atom. The first-order valence-corrected chi connectivity index (χ1v) is 9.53. The topological polar surface area (TPSA) is 68.5 Å². The zero-order valence-corrected chi connectivity index (χ0v) is 15.4. The second-order valence-corrected chi connectivity index (χ2v) is 6.87. The first-order chi connectivity index (χ1) is 13.2. The Morgan fingerprint density at radius 1 is 1.00 bits per heavy atom. The van der Waals surface area contributed by atoms with Gasteiger partial charge in [0, 0.05) is 23.1 Å². The molecule has 6 heteroatoms. The smallest absolute Gasteiger partial charge is 0.311 e. The summed E-state index contributed by atoms with van der Waals surface area (Å²) in [4.78, 5) is 25.2. The molecule has 0 spiro atoms. The Morgan fingerprint density at radius 3 is 2.63 bits per heavy atom. The van der Waals surface area contributed by atoms with Gasteiger partial charge in [-0.2, -0.15) is 0 Å². The van der Waals surface area contributed by atoms with E-state index in [1.54, 1.807) is 48.2 Å². The van der Waals surface area contributed by atoms with E-state index < -0.39 is 0 Å². The summed E-state index contributed by atoms with van der Waals surface area (Å²) >= 11 is 1.71. The number of nitrogens with one attached hydrogen (secondary N) is 1. The van der Waals surface area contributed by atoms with Gasteiger partial charge in [-0.3, -0.25) is 9.59 Å². The Hall–Kier alpha value is -2.99. The zero-order chi connectivity index (χ0) is 18.9. The molecule has 0 fully saturated rings. The summed E-state index contributed by atoms with van der Waals surface area (Å²) in [5, 5.41) is 2.70.